The summed E-state index contributed by atoms with van der Waals surface area (Å²) in [5.74, 6) is 0.937. The van der Waals surface area contributed by atoms with Crippen molar-refractivity contribution in [3.05, 3.63) is 36.0 Å². The normalized spacial score (nSPS) is 15.6. The Morgan fingerprint density at radius 1 is 1.29 bits per heavy atom. The van der Waals surface area contributed by atoms with Crippen LogP contribution in [0.2, 0.25) is 0 Å². The zero-order valence-corrected chi connectivity index (χ0v) is 10.4. The smallest absolute Gasteiger partial charge is 0.0483 e. The van der Waals surface area contributed by atoms with Crippen molar-refractivity contribution in [3.63, 3.8) is 0 Å². The SMILES string of the molecule is CNCCc1cccc2c1ccn2CC1CC1. The molecule has 0 saturated heterocycles. The topological polar surface area (TPSA) is 17.0 Å². The Hall–Kier alpha value is -1.28. The number of nitrogens with zero attached hydrogens (tertiary/aromatic N) is 1. The third-order valence-electron chi connectivity index (χ3n) is 3.70. The largest absolute Gasteiger partial charge is 0.347 e. The second-order valence-corrected chi connectivity index (χ2v) is 5.11. The average molecular weight is 228 g/mol. The van der Waals surface area contributed by atoms with Crippen molar-refractivity contribution in [2.24, 2.45) is 5.92 Å². The van der Waals surface area contributed by atoms with Crippen LogP contribution < -0.4 is 5.32 Å². The second kappa shape index (κ2) is 4.53. The molecule has 2 aromatic rings. The van der Waals surface area contributed by atoms with Gasteiger partial charge in [0.25, 0.3) is 0 Å². The standard InChI is InChI=1S/C15H20N2/c1-16-9-7-13-3-2-4-15-14(13)8-10-17(15)11-12-5-6-12/h2-4,8,10,12,16H,5-7,9,11H2,1H3. The van der Waals surface area contributed by atoms with Crippen LogP contribution in [0.1, 0.15) is 18.4 Å². The summed E-state index contributed by atoms with van der Waals surface area (Å²) in [5, 5.41) is 4.66. The van der Waals surface area contributed by atoms with Crippen molar-refractivity contribution < 1.29 is 0 Å². The van der Waals surface area contributed by atoms with Crippen molar-refractivity contribution in [3.8, 4) is 0 Å². The van der Waals surface area contributed by atoms with Crippen LogP contribution in [-0.2, 0) is 13.0 Å². The van der Waals surface area contributed by atoms with Crippen LogP contribution in [0, 0.1) is 5.92 Å². The first kappa shape index (κ1) is 10.8. The molecule has 0 bridgehead atoms. The second-order valence-electron chi connectivity index (χ2n) is 5.11. The third-order valence-corrected chi connectivity index (χ3v) is 3.70. The summed E-state index contributed by atoms with van der Waals surface area (Å²) in [7, 11) is 2.01. The van der Waals surface area contributed by atoms with E-state index in [0.717, 1.165) is 18.9 Å². The monoisotopic (exact) mass is 228 g/mol. The highest BCUT2D eigenvalue weighted by atomic mass is 15.0. The molecule has 0 aliphatic heterocycles. The van der Waals surface area contributed by atoms with Gasteiger partial charge in [-0.05, 0) is 56.5 Å². The minimum Gasteiger partial charge on any atom is -0.347 e. The highest BCUT2D eigenvalue weighted by molar-refractivity contribution is 5.83. The van der Waals surface area contributed by atoms with Crippen molar-refractivity contribution in [2.75, 3.05) is 13.6 Å². The summed E-state index contributed by atoms with van der Waals surface area (Å²) < 4.78 is 2.43. The first-order valence-electron chi connectivity index (χ1n) is 6.60. The van der Waals surface area contributed by atoms with Gasteiger partial charge in [-0.3, -0.25) is 0 Å². The van der Waals surface area contributed by atoms with E-state index in [0.29, 0.717) is 0 Å². The molecule has 1 heterocycles. The first-order chi connectivity index (χ1) is 8.38. The molecular weight excluding hydrogens is 208 g/mol. The van der Waals surface area contributed by atoms with E-state index < -0.39 is 0 Å². The zero-order valence-electron chi connectivity index (χ0n) is 10.4. The minimum absolute atomic E-state index is 0.937. The Bertz CT molecular complexity index is 509. The minimum atomic E-state index is 0.937. The number of likely N-dealkylation sites (N-methyl/N-ethyl adjacent to an activating group) is 1. The van der Waals surface area contributed by atoms with Gasteiger partial charge < -0.3 is 9.88 Å². The van der Waals surface area contributed by atoms with Gasteiger partial charge in [-0.15, -0.1) is 0 Å². The van der Waals surface area contributed by atoms with Gasteiger partial charge in [-0.25, -0.2) is 0 Å². The molecule has 0 unspecified atom stereocenters. The molecule has 0 atom stereocenters. The Kier molecular flexibility index (Phi) is 2.89. The molecule has 1 aliphatic carbocycles. The molecule has 3 rings (SSSR count). The molecule has 90 valence electrons. The molecular formula is C15H20N2. The maximum absolute atomic E-state index is 3.22. The fourth-order valence-corrected chi connectivity index (χ4v) is 2.50. The van der Waals surface area contributed by atoms with Crippen LogP contribution in [0.25, 0.3) is 10.9 Å². The molecule has 1 saturated carbocycles. The van der Waals surface area contributed by atoms with E-state index in [9.17, 15) is 0 Å². The van der Waals surface area contributed by atoms with Crippen molar-refractivity contribution in [1.82, 2.24) is 9.88 Å². The molecule has 1 fully saturated rings. The summed E-state index contributed by atoms with van der Waals surface area (Å²) in [5.41, 5.74) is 2.87. The molecule has 0 spiro atoms. The third kappa shape index (κ3) is 2.22. The molecule has 2 heteroatoms. The molecule has 1 aliphatic rings. The summed E-state index contributed by atoms with van der Waals surface area (Å²) in [6.07, 6.45) is 6.20. The van der Waals surface area contributed by atoms with E-state index in [-0.39, 0.29) is 0 Å². The number of aromatic nitrogens is 1. The van der Waals surface area contributed by atoms with Gasteiger partial charge in [-0.1, -0.05) is 12.1 Å². The number of nitrogens with one attached hydrogen (secondary N) is 1. The van der Waals surface area contributed by atoms with Crippen LogP contribution >= 0.6 is 0 Å². The highest BCUT2D eigenvalue weighted by Gasteiger charge is 2.22. The lowest BCUT2D eigenvalue weighted by atomic mass is 10.1. The van der Waals surface area contributed by atoms with E-state index in [1.165, 1.54) is 35.9 Å². The fourth-order valence-electron chi connectivity index (χ4n) is 2.50. The van der Waals surface area contributed by atoms with Gasteiger partial charge in [0.15, 0.2) is 0 Å². The van der Waals surface area contributed by atoms with Crippen LogP contribution in [-0.4, -0.2) is 18.2 Å². The van der Waals surface area contributed by atoms with Gasteiger partial charge in [0.2, 0.25) is 0 Å². The molecule has 0 amide bonds. The number of hydrogen-bond acceptors (Lipinski definition) is 1. The van der Waals surface area contributed by atoms with Crippen LogP contribution in [0.5, 0.6) is 0 Å². The zero-order chi connectivity index (χ0) is 11.7. The molecule has 0 radical (unpaired) electrons. The Labute approximate surface area is 103 Å². The Morgan fingerprint density at radius 3 is 2.94 bits per heavy atom. The number of benzene rings is 1. The highest BCUT2D eigenvalue weighted by Crippen LogP contribution is 2.32. The van der Waals surface area contributed by atoms with Crippen LogP contribution in [0.3, 0.4) is 0 Å². The quantitative estimate of drug-likeness (QED) is 0.832. The van der Waals surface area contributed by atoms with Gasteiger partial charge in [0, 0.05) is 23.6 Å². The fraction of sp³-hybridized carbons (Fsp3) is 0.467. The lowest BCUT2D eigenvalue weighted by molar-refractivity contribution is 0.647. The maximum atomic E-state index is 3.22. The van der Waals surface area contributed by atoms with Crippen LogP contribution in [0.15, 0.2) is 30.5 Å². The van der Waals surface area contributed by atoms with E-state index in [1.807, 2.05) is 7.05 Å². The molecule has 1 N–H and O–H groups in total. The number of hydrogen-bond donors (Lipinski definition) is 1. The lowest BCUT2D eigenvalue weighted by Gasteiger charge is -2.06. The van der Waals surface area contributed by atoms with E-state index in [1.54, 1.807) is 0 Å². The van der Waals surface area contributed by atoms with E-state index >= 15 is 0 Å². The average Bonchev–Trinajstić information content (AvgIpc) is 3.07. The predicted molar refractivity (Wildman–Crippen MR) is 72.3 cm³/mol. The molecule has 17 heavy (non-hydrogen) atoms. The molecule has 1 aromatic heterocycles. The summed E-state index contributed by atoms with van der Waals surface area (Å²) in [6.45, 7) is 2.26. The van der Waals surface area contributed by atoms with Crippen LogP contribution in [0.4, 0.5) is 0 Å². The van der Waals surface area contributed by atoms with Crippen molar-refractivity contribution in [2.45, 2.75) is 25.8 Å². The summed E-state index contributed by atoms with van der Waals surface area (Å²) in [6, 6.07) is 8.97. The van der Waals surface area contributed by atoms with E-state index in [4.69, 9.17) is 0 Å². The Balaban J connectivity index is 1.92. The van der Waals surface area contributed by atoms with E-state index in [2.05, 4.69) is 40.3 Å². The first-order valence-corrected chi connectivity index (χ1v) is 6.60. The van der Waals surface area contributed by atoms with Gasteiger partial charge >= 0.3 is 0 Å². The van der Waals surface area contributed by atoms with Crippen molar-refractivity contribution in [1.29, 1.82) is 0 Å². The Morgan fingerprint density at radius 2 is 2.18 bits per heavy atom. The summed E-state index contributed by atoms with van der Waals surface area (Å²) in [4.78, 5) is 0. The number of fused-ring (bicyclic) bond motifs is 1. The van der Waals surface area contributed by atoms with Crippen molar-refractivity contribution >= 4 is 10.9 Å². The maximum Gasteiger partial charge on any atom is 0.0483 e. The molecule has 1 aromatic carbocycles. The molecule has 2 nitrogen and oxygen atoms in total. The lowest BCUT2D eigenvalue weighted by Crippen LogP contribution is -2.10. The van der Waals surface area contributed by atoms with Gasteiger partial charge in [-0.2, -0.15) is 0 Å². The van der Waals surface area contributed by atoms with Gasteiger partial charge in [0.1, 0.15) is 0 Å². The summed E-state index contributed by atoms with van der Waals surface area (Å²) >= 11 is 0. The number of rotatable bonds is 5. The predicted octanol–water partition coefficient (Wildman–Crippen LogP) is 2.81. The van der Waals surface area contributed by atoms with Gasteiger partial charge in [0.05, 0.1) is 0 Å².